The molecule has 0 fully saturated rings. The Labute approximate surface area is 199 Å². The number of amides is 2. The fraction of sp³-hybridized carbons (Fsp3) is 0.0800. The molecule has 0 atom stereocenters. The summed E-state index contributed by atoms with van der Waals surface area (Å²) in [5.41, 5.74) is 1.70. The summed E-state index contributed by atoms with van der Waals surface area (Å²) in [6.07, 6.45) is 1.29. The Morgan fingerprint density at radius 2 is 1.86 bits per heavy atom. The Bertz CT molecular complexity index is 1430. The first-order valence-corrected chi connectivity index (χ1v) is 10.4. The first kappa shape index (κ1) is 23.3. The molecule has 10 heteroatoms. The summed E-state index contributed by atoms with van der Waals surface area (Å²) in [5.74, 6) is 0.224. The number of nitrogens with one attached hydrogen (secondary N) is 2. The highest BCUT2D eigenvalue weighted by Crippen LogP contribution is 2.40. The quantitative estimate of drug-likeness (QED) is 0.210. The summed E-state index contributed by atoms with van der Waals surface area (Å²) in [4.78, 5) is 23.9. The summed E-state index contributed by atoms with van der Waals surface area (Å²) in [6.45, 7) is 3.72. The van der Waals surface area contributed by atoms with E-state index in [1.807, 2.05) is 0 Å². The summed E-state index contributed by atoms with van der Waals surface area (Å²) >= 11 is 0. The van der Waals surface area contributed by atoms with E-state index in [2.05, 4.69) is 22.4 Å². The minimum absolute atomic E-state index is 0.167. The third-order valence-electron chi connectivity index (χ3n) is 5.18. The van der Waals surface area contributed by atoms with Gasteiger partial charge >= 0.3 is 6.03 Å². The van der Waals surface area contributed by atoms with Crippen molar-refractivity contribution >= 4 is 34.0 Å². The van der Waals surface area contributed by atoms with Gasteiger partial charge in [-0.1, -0.05) is 12.6 Å². The van der Waals surface area contributed by atoms with Crippen molar-refractivity contribution in [3.63, 3.8) is 0 Å². The van der Waals surface area contributed by atoms with Gasteiger partial charge in [0, 0.05) is 22.8 Å². The smallest absolute Gasteiger partial charge is 0.323 e. The number of aromatic hydroxyl groups is 1. The molecule has 0 saturated carbocycles. The number of anilines is 2. The number of hydrogen-bond acceptors (Lipinski definition) is 6. The third-order valence-corrected chi connectivity index (χ3v) is 5.18. The van der Waals surface area contributed by atoms with Crippen LogP contribution in [0.15, 0.2) is 78.7 Å². The van der Waals surface area contributed by atoms with Crippen LogP contribution in [0, 0.1) is 10.7 Å². The van der Waals surface area contributed by atoms with Crippen LogP contribution in [0.25, 0.3) is 10.9 Å². The lowest BCUT2D eigenvalue weighted by atomic mass is 10.2. The number of rotatable bonds is 8. The van der Waals surface area contributed by atoms with Gasteiger partial charge in [0.15, 0.2) is 5.69 Å². The van der Waals surface area contributed by atoms with E-state index in [1.165, 1.54) is 42.2 Å². The molecule has 4 aromatic rings. The van der Waals surface area contributed by atoms with Gasteiger partial charge in [0.2, 0.25) is 5.88 Å². The molecule has 178 valence electrons. The molecule has 3 aromatic carbocycles. The standard InChI is InChI=1S/C25H21FN4O5/c1-3-35-20-10-15(9-19(13-20)34-2)14-30-22-8-7-18(12-21(22)23(29-33)24(30)31)28-25(32)27-17-6-4-5-16(26)11-17/h3-13,31H,1,14H2,2H3,(H2,27,28,32). The van der Waals surface area contributed by atoms with Crippen molar-refractivity contribution in [2.75, 3.05) is 17.7 Å². The van der Waals surface area contributed by atoms with Crippen molar-refractivity contribution in [1.29, 1.82) is 0 Å². The second-order valence-corrected chi connectivity index (χ2v) is 7.47. The van der Waals surface area contributed by atoms with Gasteiger partial charge in [-0.25, -0.2) is 9.18 Å². The number of halogens is 1. The Morgan fingerprint density at radius 3 is 2.54 bits per heavy atom. The summed E-state index contributed by atoms with van der Waals surface area (Å²) in [6, 6.07) is 14.8. The van der Waals surface area contributed by atoms with Crippen molar-refractivity contribution in [2.45, 2.75) is 6.54 Å². The first-order valence-electron chi connectivity index (χ1n) is 10.4. The van der Waals surface area contributed by atoms with Crippen molar-refractivity contribution in [3.8, 4) is 17.4 Å². The molecule has 0 unspecified atom stereocenters. The number of carbonyl (C=O) groups excluding carboxylic acids is 1. The molecule has 1 heterocycles. The van der Waals surface area contributed by atoms with Crippen LogP contribution in [-0.4, -0.2) is 22.8 Å². The summed E-state index contributed by atoms with van der Waals surface area (Å²) in [5, 5.41) is 19.2. The number of nitroso groups, excluding NO2 is 1. The molecule has 0 aliphatic carbocycles. The van der Waals surface area contributed by atoms with Crippen LogP contribution in [0.2, 0.25) is 0 Å². The Morgan fingerprint density at radius 1 is 1.11 bits per heavy atom. The highest BCUT2D eigenvalue weighted by Gasteiger charge is 2.19. The Kier molecular flexibility index (Phi) is 6.63. The maximum absolute atomic E-state index is 13.3. The maximum Gasteiger partial charge on any atom is 0.323 e. The number of benzene rings is 3. The number of aromatic nitrogens is 1. The zero-order valence-electron chi connectivity index (χ0n) is 18.6. The van der Waals surface area contributed by atoms with Gasteiger partial charge in [0.1, 0.15) is 17.3 Å². The molecular formula is C25H21FN4O5. The topological polar surface area (TPSA) is 114 Å². The van der Waals surface area contributed by atoms with E-state index < -0.39 is 11.8 Å². The van der Waals surface area contributed by atoms with Crippen LogP contribution in [0.5, 0.6) is 17.4 Å². The maximum atomic E-state index is 13.3. The molecule has 3 N–H and O–H groups in total. The van der Waals surface area contributed by atoms with Crippen molar-refractivity contribution in [3.05, 3.63) is 89.8 Å². The van der Waals surface area contributed by atoms with E-state index in [0.29, 0.717) is 28.1 Å². The van der Waals surface area contributed by atoms with Gasteiger partial charge < -0.3 is 29.8 Å². The second-order valence-electron chi connectivity index (χ2n) is 7.47. The molecule has 0 saturated heterocycles. The number of fused-ring (bicyclic) bond motifs is 1. The van der Waals surface area contributed by atoms with E-state index >= 15 is 0 Å². The number of ether oxygens (including phenoxy) is 2. The van der Waals surface area contributed by atoms with Crippen molar-refractivity contribution in [1.82, 2.24) is 4.57 Å². The van der Waals surface area contributed by atoms with Crippen LogP contribution in [0.4, 0.5) is 26.2 Å². The monoisotopic (exact) mass is 476 g/mol. The number of carbonyl (C=O) groups is 1. The fourth-order valence-electron chi connectivity index (χ4n) is 3.70. The molecule has 0 radical (unpaired) electrons. The largest absolute Gasteiger partial charge is 0.497 e. The van der Waals surface area contributed by atoms with Crippen LogP contribution in [0.1, 0.15) is 5.56 Å². The van der Waals surface area contributed by atoms with Crippen molar-refractivity contribution < 1.29 is 23.8 Å². The van der Waals surface area contributed by atoms with Crippen molar-refractivity contribution in [2.24, 2.45) is 5.18 Å². The summed E-state index contributed by atoms with van der Waals surface area (Å²) < 4.78 is 25.5. The molecular weight excluding hydrogens is 455 g/mol. The SMILES string of the molecule is C=COc1cc(Cn2c(O)c(N=O)c3cc(NC(=O)Nc4cccc(F)c4)ccc32)cc(OC)c1. The van der Waals surface area contributed by atoms with Crippen LogP contribution in [-0.2, 0) is 6.54 Å². The van der Waals surface area contributed by atoms with Gasteiger partial charge in [-0.05, 0) is 59.3 Å². The molecule has 4 rings (SSSR count). The lowest BCUT2D eigenvalue weighted by molar-refractivity contribution is 0.262. The van der Waals surface area contributed by atoms with E-state index in [-0.39, 0.29) is 23.8 Å². The number of methoxy groups -OCH3 is 1. The van der Waals surface area contributed by atoms with E-state index in [0.717, 1.165) is 5.56 Å². The van der Waals surface area contributed by atoms with Gasteiger partial charge in [-0.15, -0.1) is 4.91 Å². The van der Waals surface area contributed by atoms with Gasteiger partial charge in [-0.2, -0.15) is 0 Å². The molecule has 0 aliphatic heterocycles. The lowest BCUT2D eigenvalue weighted by Crippen LogP contribution is -2.19. The van der Waals surface area contributed by atoms with Crippen LogP contribution >= 0.6 is 0 Å². The molecule has 2 amide bonds. The van der Waals surface area contributed by atoms with Gasteiger partial charge in [-0.3, -0.25) is 0 Å². The Balaban J connectivity index is 1.64. The molecule has 0 spiro atoms. The summed E-state index contributed by atoms with van der Waals surface area (Å²) in [7, 11) is 1.52. The average molecular weight is 476 g/mol. The minimum atomic E-state index is -0.606. The first-order chi connectivity index (χ1) is 16.9. The fourth-order valence-corrected chi connectivity index (χ4v) is 3.70. The molecule has 0 aliphatic rings. The molecule has 35 heavy (non-hydrogen) atoms. The predicted octanol–water partition coefficient (Wildman–Crippen LogP) is 6.11. The van der Waals surface area contributed by atoms with Crippen LogP contribution < -0.4 is 20.1 Å². The number of hydrogen-bond donors (Lipinski definition) is 3. The van der Waals surface area contributed by atoms with Gasteiger partial charge in [0.05, 0.1) is 25.4 Å². The number of nitrogens with zero attached hydrogens (tertiary/aromatic N) is 2. The Hall–Kier alpha value is -4.86. The van der Waals surface area contributed by atoms with Gasteiger partial charge in [0.25, 0.3) is 0 Å². The highest BCUT2D eigenvalue weighted by molar-refractivity contribution is 6.03. The lowest BCUT2D eigenvalue weighted by Gasteiger charge is -2.11. The minimum Gasteiger partial charge on any atom is -0.497 e. The van der Waals surface area contributed by atoms with E-state index in [1.54, 1.807) is 36.4 Å². The third kappa shape index (κ3) is 5.06. The normalized spacial score (nSPS) is 10.6. The molecule has 0 bridgehead atoms. The van der Waals surface area contributed by atoms with Crippen LogP contribution in [0.3, 0.4) is 0 Å². The van der Waals surface area contributed by atoms with E-state index in [4.69, 9.17) is 9.47 Å². The average Bonchev–Trinajstić information content (AvgIpc) is 3.08. The molecule has 9 nitrogen and oxygen atoms in total. The molecule has 1 aromatic heterocycles. The number of urea groups is 1. The van der Waals surface area contributed by atoms with E-state index in [9.17, 15) is 19.2 Å². The second kappa shape index (κ2) is 9.96. The predicted molar refractivity (Wildman–Crippen MR) is 131 cm³/mol. The zero-order chi connectivity index (χ0) is 24.9. The highest BCUT2D eigenvalue weighted by atomic mass is 19.1. The zero-order valence-corrected chi connectivity index (χ0v) is 18.6.